The van der Waals surface area contributed by atoms with Gasteiger partial charge in [0.1, 0.15) is 17.3 Å². The maximum atomic E-state index is 13.1. The molecule has 0 unspecified atom stereocenters. The van der Waals surface area contributed by atoms with Crippen LogP contribution in [0.1, 0.15) is 42.5 Å². The lowest BCUT2D eigenvalue weighted by Gasteiger charge is -2.26. The second-order valence-corrected chi connectivity index (χ2v) is 8.83. The highest BCUT2D eigenvalue weighted by Crippen LogP contribution is 2.31. The summed E-state index contributed by atoms with van der Waals surface area (Å²) in [4.78, 5) is 26.8. The molecule has 1 aliphatic rings. The van der Waals surface area contributed by atoms with E-state index in [1.807, 2.05) is 51.1 Å². The molecule has 2 aromatic carbocycles. The topological polar surface area (TPSA) is 62.6 Å². The Balaban J connectivity index is 1.52. The zero-order chi connectivity index (χ0) is 22.2. The maximum absolute atomic E-state index is 13.1. The summed E-state index contributed by atoms with van der Waals surface area (Å²) in [6.45, 7) is 6.58. The standard InChI is InChI=1S/C25H25FN2O3/c1-25(2,3)24(30)27-20-6-4-5-17(13-20)22-14-18-15-28(12-11-21(18)31-22)23(29)16-7-9-19(26)10-8-16/h4-10,13-14H,11-12,15H2,1-3H3,(H,27,30). The van der Waals surface area contributed by atoms with Gasteiger partial charge in [0.2, 0.25) is 5.91 Å². The molecule has 1 aromatic heterocycles. The summed E-state index contributed by atoms with van der Waals surface area (Å²) in [5, 5.41) is 2.94. The van der Waals surface area contributed by atoms with E-state index in [0.29, 0.717) is 36.5 Å². The molecule has 160 valence electrons. The number of amides is 2. The van der Waals surface area contributed by atoms with Crippen LogP contribution in [0.2, 0.25) is 0 Å². The van der Waals surface area contributed by atoms with Crippen LogP contribution in [0.3, 0.4) is 0 Å². The van der Waals surface area contributed by atoms with Crippen LogP contribution in [0.4, 0.5) is 10.1 Å². The van der Waals surface area contributed by atoms with Crippen molar-refractivity contribution in [2.45, 2.75) is 33.7 Å². The van der Waals surface area contributed by atoms with Crippen LogP contribution in [-0.4, -0.2) is 23.3 Å². The Bertz CT molecular complexity index is 1130. The number of nitrogens with one attached hydrogen (secondary N) is 1. The number of furan rings is 1. The van der Waals surface area contributed by atoms with Gasteiger partial charge in [0.15, 0.2) is 0 Å². The predicted octanol–water partition coefficient (Wildman–Crippen LogP) is 5.27. The molecule has 0 aliphatic carbocycles. The minimum Gasteiger partial charge on any atom is -0.461 e. The second kappa shape index (κ2) is 8.02. The maximum Gasteiger partial charge on any atom is 0.254 e. The third-order valence-corrected chi connectivity index (χ3v) is 5.33. The summed E-state index contributed by atoms with van der Waals surface area (Å²) in [6, 6.07) is 15.1. The summed E-state index contributed by atoms with van der Waals surface area (Å²) < 4.78 is 19.2. The van der Waals surface area contributed by atoms with Crippen LogP contribution < -0.4 is 5.32 Å². The molecule has 0 saturated heterocycles. The Labute approximate surface area is 180 Å². The van der Waals surface area contributed by atoms with Gasteiger partial charge in [-0.3, -0.25) is 9.59 Å². The first kappa shape index (κ1) is 20.8. The molecule has 4 rings (SSSR count). The Morgan fingerprint density at radius 1 is 1.06 bits per heavy atom. The molecule has 0 bridgehead atoms. The molecule has 0 fully saturated rings. The van der Waals surface area contributed by atoms with Crippen molar-refractivity contribution >= 4 is 17.5 Å². The molecular weight excluding hydrogens is 395 g/mol. The molecule has 5 nitrogen and oxygen atoms in total. The monoisotopic (exact) mass is 420 g/mol. The van der Waals surface area contributed by atoms with Gasteiger partial charge in [-0.2, -0.15) is 0 Å². The molecule has 1 aliphatic heterocycles. The highest BCUT2D eigenvalue weighted by Gasteiger charge is 2.26. The van der Waals surface area contributed by atoms with E-state index in [2.05, 4.69) is 5.32 Å². The quantitative estimate of drug-likeness (QED) is 0.628. The van der Waals surface area contributed by atoms with Gasteiger partial charge in [-0.25, -0.2) is 4.39 Å². The first-order valence-electron chi connectivity index (χ1n) is 10.3. The van der Waals surface area contributed by atoms with E-state index in [1.54, 1.807) is 4.90 Å². The first-order valence-corrected chi connectivity index (χ1v) is 10.3. The van der Waals surface area contributed by atoms with Crippen LogP contribution in [0, 0.1) is 11.2 Å². The van der Waals surface area contributed by atoms with Crippen molar-refractivity contribution in [2.75, 3.05) is 11.9 Å². The van der Waals surface area contributed by atoms with E-state index < -0.39 is 5.41 Å². The molecule has 6 heteroatoms. The number of carbonyl (C=O) groups excluding carboxylic acids is 2. The fraction of sp³-hybridized carbons (Fsp3) is 0.280. The Morgan fingerprint density at radius 2 is 1.81 bits per heavy atom. The van der Waals surface area contributed by atoms with Crippen LogP contribution in [0.25, 0.3) is 11.3 Å². The van der Waals surface area contributed by atoms with Crippen molar-refractivity contribution in [1.82, 2.24) is 4.90 Å². The number of carbonyl (C=O) groups is 2. The lowest BCUT2D eigenvalue weighted by Crippen LogP contribution is -2.35. The number of anilines is 1. The first-order chi connectivity index (χ1) is 14.7. The summed E-state index contributed by atoms with van der Waals surface area (Å²) in [5.74, 6) is 1.02. The fourth-order valence-corrected chi connectivity index (χ4v) is 3.49. The van der Waals surface area contributed by atoms with Gasteiger partial charge in [-0.15, -0.1) is 0 Å². The highest BCUT2D eigenvalue weighted by molar-refractivity contribution is 5.95. The minimum atomic E-state index is -0.486. The molecule has 0 saturated carbocycles. The summed E-state index contributed by atoms with van der Waals surface area (Å²) >= 11 is 0. The van der Waals surface area contributed by atoms with Gasteiger partial charge in [0, 0.05) is 47.3 Å². The molecule has 3 aromatic rings. The van der Waals surface area contributed by atoms with Gasteiger partial charge in [0.25, 0.3) is 5.91 Å². The van der Waals surface area contributed by atoms with Gasteiger partial charge in [-0.05, 0) is 42.5 Å². The van der Waals surface area contributed by atoms with Crippen molar-refractivity contribution in [1.29, 1.82) is 0 Å². The fourth-order valence-electron chi connectivity index (χ4n) is 3.49. The molecule has 0 radical (unpaired) electrons. The largest absolute Gasteiger partial charge is 0.461 e. The Morgan fingerprint density at radius 3 is 2.52 bits per heavy atom. The number of halogens is 1. The van der Waals surface area contributed by atoms with Crippen molar-refractivity contribution in [3.05, 3.63) is 77.3 Å². The number of hydrogen-bond acceptors (Lipinski definition) is 3. The van der Waals surface area contributed by atoms with Crippen LogP contribution in [0.5, 0.6) is 0 Å². The average molecular weight is 420 g/mol. The van der Waals surface area contributed by atoms with Crippen molar-refractivity contribution in [2.24, 2.45) is 5.41 Å². The van der Waals surface area contributed by atoms with Crippen LogP contribution >= 0.6 is 0 Å². The van der Waals surface area contributed by atoms with Gasteiger partial charge in [0.05, 0.1) is 0 Å². The van der Waals surface area contributed by atoms with E-state index >= 15 is 0 Å². The summed E-state index contributed by atoms with van der Waals surface area (Å²) in [7, 11) is 0. The smallest absolute Gasteiger partial charge is 0.254 e. The van der Waals surface area contributed by atoms with Crippen LogP contribution in [0.15, 0.2) is 59.0 Å². The zero-order valence-electron chi connectivity index (χ0n) is 17.9. The Hall–Kier alpha value is -3.41. The SMILES string of the molecule is CC(C)(C)C(=O)Nc1cccc(-c2cc3c(o2)CCN(C(=O)c2ccc(F)cc2)C3)c1. The molecule has 31 heavy (non-hydrogen) atoms. The van der Waals surface area contributed by atoms with Crippen molar-refractivity contribution in [3.8, 4) is 11.3 Å². The molecule has 2 amide bonds. The van der Waals surface area contributed by atoms with E-state index in [0.717, 1.165) is 16.9 Å². The third kappa shape index (κ3) is 4.53. The van der Waals surface area contributed by atoms with Crippen LogP contribution in [-0.2, 0) is 17.8 Å². The zero-order valence-corrected chi connectivity index (χ0v) is 17.9. The predicted molar refractivity (Wildman–Crippen MR) is 117 cm³/mol. The minimum absolute atomic E-state index is 0.0571. The number of fused-ring (bicyclic) bond motifs is 1. The lowest BCUT2D eigenvalue weighted by molar-refractivity contribution is -0.123. The van der Waals surface area contributed by atoms with E-state index in [1.165, 1.54) is 24.3 Å². The number of hydrogen-bond donors (Lipinski definition) is 1. The van der Waals surface area contributed by atoms with Crippen molar-refractivity contribution in [3.63, 3.8) is 0 Å². The molecule has 0 atom stereocenters. The lowest BCUT2D eigenvalue weighted by atomic mass is 9.95. The van der Waals surface area contributed by atoms with Gasteiger partial charge >= 0.3 is 0 Å². The Kier molecular flexibility index (Phi) is 5.39. The number of rotatable bonds is 3. The molecular formula is C25H25FN2O3. The molecule has 0 spiro atoms. The van der Waals surface area contributed by atoms with Gasteiger partial charge in [-0.1, -0.05) is 32.9 Å². The summed E-state index contributed by atoms with van der Waals surface area (Å²) in [6.07, 6.45) is 0.614. The number of benzene rings is 2. The summed E-state index contributed by atoms with van der Waals surface area (Å²) in [5.41, 5.74) is 2.51. The average Bonchev–Trinajstić information content (AvgIpc) is 3.17. The normalized spacial score (nSPS) is 13.6. The van der Waals surface area contributed by atoms with E-state index in [-0.39, 0.29) is 17.6 Å². The molecule has 2 heterocycles. The van der Waals surface area contributed by atoms with Gasteiger partial charge < -0.3 is 14.6 Å². The van der Waals surface area contributed by atoms with Crippen molar-refractivity contribution < 1.29 is 18.4 Å². The van der Waals surface area contributed by atoms with E-state index in [9.17, 15) is 14.0 Å². The third-order valence-electron chi connectivity index (χ3n) is 5.33. The number of nitrogens with zero attached hydrogens (tertiary/aromatic N) is 1. The highest BCUT2D eigenvalue weighted by atomic mass is 19.1. The second-order valence-electron chi connectivity index (χ2n) is 8.83. The van der Waals surface area contributed by atoms with E-state index in [4.69, 9.17) is 4.42 Å². The molecule has 1 N–H and O–H groups in total.